The Morgan fingerprint density at radius 3 is 2.81 bits per heavy atom. The number of tetrazole rings is 1. The molecule has 21 heavy (non-hydrogen) atoms. The van der Waals surface area contributed by atoms with Crippen LogP contribution in [0.4, 0.5) is 0 Å². The van der Waals surface area contributed by atoms with E-state index in [0.717, 1.165) is 12.0 Å². The van der Waals surface area contributed by atoms with Gasteiger partial charge in [0.05, 0.1) is 0 Å². The van der Waals surface area contributed by atoms with Crippen LogP contribution < -0.4 is 5.73 Å². The molecule has 3 rings (SSSR count). The van der Waals surface area contributed by atoms with Gasteiger partial charge >= 0.3 is 0 Å². The van der Waals surface area contributed by atoms with Gasteiger partial charge in [-0.2, -0.15) is 4.80 Å². The molecule has 7 nitrogen and oxygen atoms in total. The third-order valence-electron chi connectivity index (χ3n) is 3.70. The van der Waals surface area contributed by atoms with Gasteiger partial charge in [0, 0.05) is 24.7 Å². The second-order valence-corrected chi connectivity index (χ2v) is 5.31. The second-order valence-electron chi connectivity index (χ2n) is 5.31. The first kappa shape index (κ1) is 13.7. The Hall–Kier alpha value is -2.28. The number of hydrogen-bond acceptors (Lipinski definition) is 5. The topological polar surface area (TPSA) is 89.9 Å². The maximum atomic E-state index is 12.4. The van der Waals surface area contributed by atoms with Crippen molar-refractivity contribution < 1.29 is 4.79 Å². The molecule has 2 aromatic rings. The third kappa shape index (κ3) is 2.78. The molecule has 1 aromatic heterocycles. The van der Waals surface area contributed by atoms with E-state index in [-0.39, 0.29) is 11.9 Å². The monoisotopic (exact) mass is 286 g/mol. The highest BCUT2D eigenvalue weighted by Gasteiger charge is 2.29. The summed E-state index contributed by atoms with van der Waals surface area (Å²) in [4.78, 5) is 15.5. The number of nitrogens with zero attached hydrogens (tertiary/aromatic N) is 5. The first-order chi connectivity index (χ1) is 10.1. The lowest BCUT2D eigenvalue weighted by molar-refractivity contribution is -0.133. The number of likely N-dealkylation sites (tertiary alicyclic amines) is 1. The van der Waals surface area contributed by atoms with Gasteiger partial charge < -0.3 is 10.6 Å². The van der Waals surface area contributed by atoms with E-state index >= 15 is 0 Å². The molecule has 0 saturated carbocycles. The summed E-state index contributed by atoms with van der Waals surface area (Å²) < 4.78 is 0. The van der Waals surface area contributed by atoms with Crippen LogP contribution in [0.25, 0.3) is 11.4 Å². The van der Waals surface area contributed by atoms with Gasteiger partial charge in [0.2, 0.25) is 11.7 Å². The number of hydrogen-bond donors (Lipinski definition) is 1. The number of carbonyl (C=O) groups excluding carboxylic acids is 1. The molecule has 2 heterocycles. The Labute approximate surface area is 122 Å². The molecule has 1 amide bonds. The zero-order valence-corrected chi connectivity index (χ0v) is 11.9. The minimum absolute atomic E-state index is 0.0139. The van der Waals surface area contributed by atoms with Crippen molar-refractivity contribution in [3.63, 3.8) is 0 Å². The van der Waals surface area contributed by atoms with E-state index in [9.17, 15) is 4.79 Å². The third-order valence-corrected chi connectivity index (χ3v) is 3.70. The normalized spacial score (nSPS) is 19.7. The molecule has 1 aliphatic heterocycles. The van der Waals surface area contributed by atoms with Crippen LogP contribution in [0, 0.1) is 0 Å². The second kappa shape index (κ2) is 5.61. The SMILES string of the molecule is CC(C(=O)N1CC[C@@H](N)C1)n1nnc(-c2ccccc2)n1. The molecule has 1 aliphatic rings. The lowest BCUT2D eigenvalue weighted by Gasteiger charge is -2.19. The van der Waals surface area contributed by atoms with Crippen LogP contribution in [0.3, 0.4) is 0 Å². The summed E-state index contributed by atoms with van der Waals surface area (Å²) in [6, 6.07) is 9.18. The van der Waals surface area contributed by atoms with Crippen molar-refractivity contribution in [3.8, 4) is 11.4 Å². The molecule has 1 unspecified atom stereocenters. The molecule has 0 spiro atoms. The fraction of sp³-hybridized carbons (Fsp3) is 0.429. The number of rotatable bonds is 3. The van der Waals surface area contributed by atoms with E-state index in [1.165, 1.54) is 4.80 Å². The summed E-state index contributed by atoms with van der Waals surface area (Å²) in [5.74, 6) is 0.508. The van der Waals surface area contributed by atoms with Gasteiger partial charge in [0.1, 0.15) is 6.04 Å². The number of amides is 1. The van der Waals surface area contributed by atoms with E-state index in [2.05, 4.69) is 15.4 Å². The maximum Gasteiger partial charge on any atom is 0.249 e. The minimum atomic E-state index is -0.472. The highest BCUT2D eigenvalue weighted by molar-refractivity contribution is 5.80. The van der Waals surface area contributed by atoms with Gasteiger partial charge in [-0.25, -0.2) is 0 Å². The van der Waals surface area contributed by atoms with Crippen LogP contribution in [0.2, 0.25) is 0 Å². The average molecular weight is 286 g/mol. The zero-order valence-electron chi connectivity index (χ0n) is 11.9. The lowest BCUT2D eigenvalue weighted by Crippen LogP contribution is -2.37. The molecular weight excluding hydrogens is 268 g/mol. The summed E-state index contributed by atoms with van der Waals surface area (Å²) in [5, 5.41) is 12.3. The van der Waals surface area contributed by atoms with Crippen LogP contribution in [0.5, 0.6) is 0 Å². The van der Waals surface area contributed by atoms with E-state index in [1.54, 1.807) is 11.8 Å². The summed E-state index contributed by atoms with van der Waals surface area (Å²) in [6.07, 6.45) is 0.846. The fourth-order valence-corrected chi connectivity index (χ4v) is 2.44. The van der Waals surface area contributed by atoms with Gasteiger partial charge in [-0.1, -0.05) is 30.3 Å². The van der Waals surface area contributed by atoms with Crippen LogP contribution in [-0.2, 0) is 4.79 Å². The van der Waals surface area contributed by atoms with Crippen LogP contribution in [0.1, 0.15) is 19.4 Å². The van der Waals surface area contributed by atoms with Crippen molar-refractivity contribution in [1.29, 1.82) is 0 Å². The van der Waals surface area contributed by atoms with Gasteiger partial charge in [-0.05, 0) is 18.6 Å². The van der Waals surface area contributed by atoms with Crippen molar-refractivity contribution >= 4 is 5.91 Å². The molecule has 1 saturated heterocycles. The first-order valence-electron chi connectivity index (χ1n) is 7.04. The highest BCUT2D eigenvalue weighted by atomic mass is 16.2. The van der Waals surface area contributed by atoms with E-state index in [1.807, 2.05) is 30.3 Å². The Bertz CT molecular complexity index is 625. The quantitative estimate of drug-likeness (QED) is 0.885. The molecule has 2 atom stereocenters. The molecule has 110 valence electrons. The van der Waals surface area contributed by atoms with E-state index in [4.69, 9.17) is 5.73 Å². The molecule has 1 aromatic carbocycles. The van der Waals surface area contributed by atoms with Crippen LogP contribution in [-0.4, -0.2) is 50.1 Å². The number of carbonyl (C=O) groups is 1. The lowest BCUT2D eigenvalue weighted by atomic mass is 10.2. The van der Waals surface area contributed by atoms with Crippen molar-refractivity contribution in [2.24, 2.45) is 5.73 Å². The molecule has 0 aliphatic carbocycles. The minimum Gasteiger partial charge on any atom is -0.339 e. The first-order valence-corrected chi connectivity index (χ1v) is 7.04. The molecule has 1 fully saturated rings. The predicted octanol–water partition coefficient (Wildman–Crippen LogP) is 0.461. The van der Waals surface area contributed by atoms with Crippen LogP contribution >= 0.6 is 0 Å². The Morgan fingerprint density at radius 1 is 1.38 bits per heavy atom. The Kier molecular flexibility index (Phi) is 3.66. The molecule has 2 N–H and O–H groups in total. The summed E-state index contributed by atoms with van der Waals surface area (Å²) >= 11 is 0. The van der Waals surface area contributed by atoms with Crippen molar-refractivity contribution in [2.75, 3.05) is 13.1 Å². The summed E-state index contributed by atoms with van der Waals surface area (Å²) in [6.45, 7) is 3.08. The molecular formula is C14H18N6O. The van der Waals surface area contributed by atoms with Crippen molar-refractivity contribution in [3.05, 3.63) is 30.3 Å². The predicted molar refractivity (Wildman–Crippen MR) is 77.1 cm³/mol. The molecule has 0 radical (unpaired) electrons. The number of benzene rings is 1. The summed E-state index contributed by atoms with van der Waals surface area (Å²) in [7, 11) is 0. The van der Waals surface area contributed by atoms with Crippen molar-refractivity contribution in [1.82, 2.24) is 25.1 Å². The van der Waals surface area contributed by atoms with Crippen LogP contribution in [0.15, 0.2) is 30.3 Å². The van der Waals surface area contributed by atoms with Gasteiger partial charge in [-0.15, -0.1) is 10.2 Å². The number of aromatic nitrogens is 4. The summed E-state index contributed by atoms with van der Waals surface area (Å²) in [5.41, 5.74) is 6.72. The zero-order chi connectivity index (χ0) is 14.8. The largest absolute Gasteiger partial charge is 0.339 e. The van der Waals surface area contributed by atoms with Gasteiger partial charge in [-0.3, -0.25) is 4.79 Å². The molecule has 7 heteroatoms. The number of nitrogens with two attached hydrogens (primary N) is 1. The standard InChI is InChI=1S/C14H18N6O/c1-10(14(21)19-8-7-12(15)9-19)20-17-13(16-18-20)11-5-3-2-4-6-11/h2-6,10,12H,7-9,15H2,1H3/t10?,12-/m1/s1. The van der Waals surface area contributed by atoms with E-state index < -0.39 is 6.04 Å². The van der Waals surface area contributed by atoms with Gasteiger partial charge in [0.15, 0.2) is 0 Å². The Balaban J connectivity index is 1.75. The smallest absolute Gasteiger partial charge is 0.249 e. The van der Waals surface area contributed by atoms with E-state index in [0.29, 0.717) is 18.9 Å². The van der Waals surface area contributed by atoms with Crippen molar-refractivity contribution in [2.45, 2.75) is 25.4 Å². The molecule has 0 bridgehead atoms. The average Bonchev–Trinajstić information content (AvgIpc) is 3.16. The fourth-order valence-electron chi connectivity index (χ4n) is 2.44. The highest BCUT2D eigenvalue weighted by Crippen LogP contribution is 2.16. The van der Waals surface area contributed by atoms with Gasteiger partial charge in [0.25, 0.3) is 0 Å². The maximum absolute atomic E-state index is 12.4. The Morgan fingerprint density at radius 2 is 2.14 bits per heavy atom.